The Morgan fingerprint density at radius 2 is 2.15 bits per heavy atom. The van der Waals surface area contributed by atoms with Gasteiger partial charge >= 0.3 is 5.97 Å². The summed E-state index contributed by atoms with van der Waals surface area (Å²) in [6.07, 6.45) is 0.994. The third-order valence-corrected chi connectivity index (χ3v) is 5.14. The van der Waals surface area contributed by atoms with Crippen molar-refractivity contribution in [3.63, 3.8) is 0 Å². The number of nitro groups is 1. The second-order valence-electron chi connectivity index (χ2n) is 6.70. The number of morpholine rings is 1. The van der Waals surface area contributed by atoms with Crippen molar-refractivity contribution in [1.82, 2.24) is 4.90 Å². The van der Waals surface area contributed by atoms with Crippen LogP contribution >= 0.6 is 0 Å². The van der Waals surface area contributed by atoms with Crippen LogP contribution in [-0.2, 0) is 14.2 Å². The van der Waals surface area contributed by atoms with Gasteiger partial charge in [-0.25, -0.2) is 4.79 Å². The minimum atomic E-state index is -0.603. The van der Waals surface area contributed by atoms with Crippen LogP contribution in [0.15, 0.2) is 18.2 Å². The molecule has 2 aliphatic rings. The van der Waals surface area contributed by atoms with Gasteiger partial charge in [0.15, 0.2) is 0 Å². The Morgan fingerprint density at radius 3 is 2.78 bits per heavy atom. The average molecular weight is 379 g/mol. The zero-order valence-electron chi connectivity index (χ0n) is 15.4. The summed E-state index contributed by atoms with van der Waals surface area (Å²) in [6.45, 7) is 5.20. The molecular formula is C18H25N3O6. The van der Waals surface area contributed by atoms with Crippen LogP contribution in [0, 0.1) is 16.0 Å². The second-order valence-corrected chi connectivity index (χ2v) is 6.70. The lowest BCUT2D eigenvalue weighted by molar-refractivity contribution is -0.384. The molecule has 0 radical (unpaired) electrons. The highest BCUT2D eigenvalue weighted by atomic mass is 16.6. The average Bonchev–Trinajstić information content (AvgIpc) is 3.23. The standard InChI is InChI=1S/C18H25N3O6/c1-25-18(22)15-10-14(21(23)24)2-3-16(15)19-11-17(13-4-7-27-12-13)20-5-8-26-9-6-20/h2-3,10,13,17,19H,4-9,11-12H2,1H3. The van der Waals surface area contributed by atoms with Gasteiger partial charge in [0.1, 0.15) is 0 Å². The minimum Gasteiger partial charge on any atom is -0.465 e. The number of anilines is 1. The number of carbonyl (C=O) groups excluding carboxylic acids is 1. The van der Waals surface area contributed by atoms with Crippen molar-refractivity contribution in [1.29, 1.82) is 0 Å². The molecule has 27 heavy (non-hydrogen) atoms. The van der Waals surface area contributed by atoms with Crippen molar-refractivity contribution in [2.75, 3.05) is 58.5 Å². The highest BCUT2D eigenvalue weighted by Gasteiger charge is 2.31. The maximum absolute atomic E-state index is 12.1. The Bertz CT molecular complexity index is 671. The zero-order chi connectivity index (χ0) is 19.2. The number of nitro benzene ring substituents is 1. The number of hydrogen-bond acceptors (Lipinski definition) is 8. The van der Waals surface area contributed by atoms with Crippen molar-refractivity contribution in [3.8, 4) is 0 Å². The fourth-order valence-electron chi connectivity index (χ4n) is 3.65. The topological polar surface area (TPSA) is 103 Å². The van der Waals surface area contributed by atoms with E-state index in [1.54, 1.807) is 6.07 Å². The van der Waals surface area contributed by atoms with Crippen molar-refractivity contribution in [3.05, 3.63) is 33.9 Å². The van der Waals surface area contributed by atoms with Crippen LogP contribution in [0.5, 0.6) is 0 Å². The highest BCUT2D eigenvalue weighted by molar-refractivity contribution is 5.96. The molecule has 0 aromatic heterocycles. The number of methoxy groups -OCH3 is 1. The molecule has 0 amide bonds. The molecule has 9 heteroatoms. The molecule has 0 bridgehead atoms. The second kappa shape index (κ2) is 9.12. The molecule has 2 saturated heterocycles. The Balaban J connectivity index is 1.77. The van der Waals surface area contributed by atoms with Gasteiger partial charge in [0, 0.05) is 56.0 Å². The van der Waals surface area contributed by atoms with Gasteiger partial charge in [-0.3, -0.25) is 15.0 Å². The van der Waals surface area contributed by atoms with Crippen LogP contribution in [0.2, 0.25) is 0 Å². The number of non-ortho nitro benzene ring substituents is 1. The Morgan fingerprint density at radius 1 is 1.37 bits per heavy atom. The summed E-state index contributed by atoms with van der Waals surface area (Å²) < 4.78 is 15.8. The molecule has 2 unspecified atom stereocenters. The summed E-state index contributed by atoms with van der Waals surface area (Å²) in [4.78, 5) is 25.0. The summed E-state index contributed by atoms with van der Waals surface area (Å²) in [6, 6.07) is 4.43. The summed E-state index contributed by atoms with van der Waals surface area (Å²) in [5, 5.41) is 14.3. The molecule has 1 N–H and O–H groups in total. The van der Waals surface area contributed by atoms with Gasteiger partial charge in [0.05, 0.1) is 37.4 Å². The van der Waals surface area contributed by atoms with E-state index in [2.05, 4.69) is 10.2 Å². The SMILES string of the molecule is COC(=O)c1cc([N+](=O)[O-])ccc1NCC(C1CCOC1)N1CCOCC1. The van der Waals surface area contributed by atoms with Gasteiger partial charge < -0.3 is 19.5 Å². The zero-order valence-corrected chi connectivity index (χ0v) is 15.4. The first-order valence-electron chi connectivity index (χ1n) is 9.10. The molecule has 1 aromatic carbocycles. The first-order chi connectivity index (χ1) is 13.1. The molecule has 2 heterocycles. The van der Waals surface area contributed by atoms with E-state index in [1.807, 2.05) is 0 Å². The molecule has 0 spiro atoms. The molecule has 2 atom stereocenters. The van der Waals surface area contributed by atoms with Gasteiger partial charge in [-0.15, -0.1) is 0 Å². The van der Waals surface area contributed by atoms with Gasteiger partial charge in [0.2, 0.25) is 0 Å². The van der Waals surface area contributed by atoms with Crippen LogP contribution in [-0.4, -0.2) is 75.0 Å². The van der Waals surface area contributed by atoms with E-state index >= 15 is 0 Å². The Kier molecular flexibility index (Phi) is 6.59. The van der Waals surface area contributed by atoms with Crippen molar-refractivity contribution < 1.29 is 23.9 Å². The highest BCUT2D eigenvalue weighted by Crippen LogP contribution is 2.26. The first kappa shape index (κ1) is 19.5. The molecule has 3 rings (SSSR count). The van der Waals surface area contributed by atoms with E-state index in [0.29, 0.717) is 38.0 Å². The fraction of sp³-hybridized carbons (Fsp3) is 0.611. The maximum atomic E-state index is 12.1. The Hall–Kier alpha value is -2.23. The van der Waals surface area contributed by atoms with Gasteiger partial charge in [-0.1, -0.05) is 0 Å². The van der Waals surface area contributed by atoms with E-state index in [4.69, 9.17) is 14.2 Å². The van der Waals surface area contributed by atoms with Crippen LogP contribution in [0.1, 0.15) is 16.8 Å². The summed E-state index contributed by atoms with van der Waals surface area (Å²) >= 11 is 0. The van der Waals surface area contributed by atoms with Crippen molar-refractivity contribution >= 4 is 17.3 Å². The lowest BCUT2D eigenvalue weighted by Crippen LogP contribution is -2.50. The molecular weight excluding hydrogens is 354 g/mol. The molecule has 1 aromatic rings. The van der Waals surface area contributed by atoms with E-state index in [0.717, 1.165) is 26.1 Å². The van der Waals surface area contributed by atoms with Crippen LogP contribution < -0.4 is 5.32 Å². The predicted molar refractivity (Wildman–Crippen MR) is 98.0 cm³/mol. The van der Waals surface area contributed by atoms with Crippen molar-refractivity contribution in [2.24, 2.45) is 5.92 Å². The maximum Gasteiger partial charge on any atom is 0.340 e. The van der Waals surface area contributed by atoms with Crippen molar-refractivity contribution in [2.45, 2.75) is 12.5 Å². The Labute approximate surface area is 157 Å². The number of benzene rings is 1. The van der Waals surface area contributed by atoms with Crippen LogP contribution in [0.25, 0.3) is 0 Å². The molecule has 0 aliphatic carbocycles. The van der Waals surface area contributed by atoms with Crippen LogP contribution in [0.4, 0.5) is 11.4 Å². The van der Waals surface area contributed by atoms with Crippen LogP contribution in [0.3, 0.4) is 0 Å². The lowest BCUT2D eigenvalue weighted by Gasteiger charge is -2.37. The number of nitrogens with one attached hydrogen (secondary N) is 1. The number of carbonyl (C=O) groups is 1. The monoisotopic (exact) mass is 379 g/mol. The molecule has 148 valence electrons. The summed E-state index contributed by atoms with van der Waals surface area (Å²) in [5.41, 5.74) is 0.551. The predicted octanol–water partition coefficient (Wildman–Crippen LogP) is 1.53. The largest absolute Gasteiger partial charge is 0.465 e. The smallest absolute Gasteiger partial charge is 0.340 e. The van der Waals surface area contributed by atoms with E-state index < -0.39 is 10.9 Å². The van der Waals surface area contributed by atoms with E-state index in [1.165, 1.54) is 19.2 Å². The molecule has 2 aliphatic heterocycles. The number of nitrogens with zero attached hydrogens (tertiary/aromatic N) is 2. The third-order valence-electron chi connectivity index (χ3n) is 5.14. The lowest BCUT2D eigenvalue weighted by atomic mass is 9.96. The number of esters is 1. The quantitative estimate of drug-likeness (QED) is 0.432. The number of ether oxygens (including phenoxy) is 3. The molecule has 9 nitrogen and oxygen atoms in total. The third kappa shape index (κ3) is 4.74. The molecule has 2 fully saturated rings. The van der Waals surface area contributed by atoms with Gasteiger partial charge in [0.25, 0.3) is 5.69 Å². The fourth-order valence-corrected chi connectivity index (χ4v) is 3.65. The van der Waals surface area contributed by atoms with E-state index in [9.17, 15) is 14.9 Å². The minimum absolute atomic E-state index is 0.144. The normalized spacial score (nSPS) is 21.6. The molecule has 0 saturated carbocycles. The van der Waals surface area contributed by atoms with Gasteiger partial charge in [-0.05, 0) is 12.5 Å². The number of rotatable bonds is 7. The van der Waals surface area contributed by atoms with E-state index in [-0.39, 0.29) is 17.3 Å². The number of hydrogen-bond donors (Lipinski definition) is 1. The summed E-state index contributed by atoms with van der Waals surface area (Å²) in [5.74, 6) is -0.205. The first-order valence-corrected chi connectivity index (χ1v) is 9.10. The summed E-state index contributed by atoms with van der Waals surface area (Å²) in [7, 11) is 1.26. The van der Waals surface area contributed by atoms with Gasteiger partial charge in [-0.2, -0.15) is 0 Å².